The quantitative estimate of drug-likeness (QED) is 0.0230. The lowest BCUT2D eigenvalue weighted by molar-refractivity contribution is -0.149. The van der Waals surface area contributed by atoms with Gasteiger partial charge in [0.25, 0.3) is 0 Å². The highest BCUT2D eigenvalue weighted by Gasteiger charge is 2.49. The number of thioether (sulfide) groups is 1. The van der Waals surface area contributed by atoms with E-state index in [1.54, 1.807) is 63.9 Å². The molecular formula is C78H122N10O17S. The number of aliphatic hydroxyl groups is 1. The van der Waals surface area contributed by atoms with Crippen LogP contribution in [0, 0.1) is 53.8 Å². The second-order valence-corrected chi connectivity index (χ2v) is 32.1. The van der Waals surface area contributed by atoms with E-state index in [1.807, 2.05) is 91.7 Å². The number of rotatable bonds is 46. The number of alkyl carbamates (subject to hydrolysis) is 1. The summed E-state index contributed by atoms with van der Waals surface area (Å²) < 4.78 is 17.9. The largest absolute Gasteiger partial charge is 0.481 e. The molecular weight excluding hydrogens is 1380 g/mol. The topological polar surface area (TPSA) is 372 Å². The van der Waals surface area contributed by atoms with E-state index in [-0.39, 0.29) is 154 Å². The number of anilines is 1. The van der Waals surface area contributed by atoms with Crippen LogP contribution in [0.3, 0.4) is 0 Å². The number of β-amino-alcohol motifs (C(OH)–C–C–N with tert-alkyl or cyclic N) is 1. The van der Waals surface area contributed by atoms with Gasteiger partial charge in [-0.05, 0) is 125 Å². The van der Waals surface area contributed by atoms with Crippen molar-refractivity contribution in [2.24, 2.45) is 52.6 Å². The van der Waals surface area contributed by atoms with Crippen molar-refractivity contribution in [3.05, 3.63) is 65.2 Å². The number of ether oxygens (including phenoxy) is 3. The number of hydrogen-bond acceptors (Lipinski definition) is 18. The third-order valence-corrected chi connectivity index (χ3v) is 22.8. The number of aliphatic carboxylic acids is 1. The van der Waals surface area contributed by atoms with Gasteiger partial charge in [-0.1, -0.05) is 117 Å². The molecule has 3 aliphatic rings. The molecule has 2 saturated heterocycles. The molecule has 2 aliphatic heterocycles. The Balaban J connectivity index is 1.17. The van der Waals surface area contributed by atoms with Crippen LogP contribution in [-0.2, 0) is 68.8 Å². The number of hydrogen-bond donors (Lipinski definition) is 8. The van der Waals surface area contributed by atoms with Gasteiger partial charge in [-0.2, -0.15) is 0 Å². The Morgan fingerprint density at radius 3 is 2.00 bits per heavy atom. The first-order chi connectivity index (χ1) is 50.0. The summed E-state index contributed by atoms with van der Waals surface area (Å²) in [7, 11) is 8.38. The zero-order valence-electron chi connectivity index (χ0n) is 65.4. The molecule has 3 fully saturated rings. The van der Waals surface area contributed by atoms with Crippen LogP contribution in [-0.4, -0.2) is 215 Å². The molecule has 2 aromatic carbocycles. The lowest BCUT2D eigenvalue weighted by Gasteiger charge is -2.41. The van der Waals surface area contributed by atoms with Crippen LogP contribution in [0.15, 0.2) is 48.5 Å². The molecule has 10 amide bonds. The minimum absolute atomic E-state index is 0.0160. The fraction of sp³-hybridized carbons (Fsp3) is 0.692. The molecule has 2 aromatic rings. The van der Waals surface area contributed by atoms with E-state index in [0.29, 0.717) is 54.7 Å². The summed E-state index contributed by atoms with van der Waals surface area (Å²) in [6.07, 6.45) is 0.716. The number of likely N-dealkylation sites (N-methyl/N-ethyl adjacent to an activating group) is 2. The van der Waals surface area contributed by atoms with Crippen LogP contribution in [0.1, 0.15) is 188 Å². The van der Waals surface area contributed by atoms with Crippen molar-refractivity contribution in [1.82, 2.24) is 40.9 Å². The molecule has 1 saturated carbocycles. The van der Waals surface area contributed by atoms with Gasteiger partial charge < -0.3 is 66.5 Å². The molecule has 106 heavy (non-hydrogen) atoms. The molecule has 592 valence electrons. The number of nitrogens with two attached hydrogens (primary N) is 1. The minimum Gasteiger partial charge on any atom is -0.481 e. The lowest BCUT2D eigenvalue weighted by Crippen LogP contribution is -2.55. The molecule has 2 unspecified atom stereocenters. The molecule has 27 nitrogen and oxygen atoms in total. The summed E-state index contributed by atoms with van der Waals surface area (Å²) in [5.74, 6) is -6.15. The van der Waals surface area contributed by atoms with Gasteiger partial charge in [-0.25, -0.2) is 9.59 Å². The van der Waals surface area contributed by atoms with Gasteiger partial charge in [-0.3, -0.25) is 57.7 Å². The van der Waals surface area contributed by atoms with Crippen molar-refractivity contribution in [1.29, 1.82) is 0 Å². The van der Waals surface area contributed by atoms with Crippen molar-refractivity contribution in [3.63, 3.8) is 0 Å². The molecule has 28 heteroatoms. The van der Waals surface area contributed by atoms with Gasteiger partial charge in [0.05, 0.1) is 78.6 Å². The highest BCUT2D eigenvalue weighted by Crippen LogP contribution is 2.52. The molecule has 0 aromatic heterocycles. The van der Waals surface area contributed by atoms with Crippen LogP contribution in [0.4, 0.5) is 15.3 Å². The smallest absolute Gasteiger partial charge is 0.408 e. The fourth-order valence-electron chi connectivity index (χ4n) is 14.7. The zero-order valence-corrected chi connectivity index (χ0v) is 66.2. The number of aliphatic hydroxyl groups excluding tert-OH is 1. The van der Waals surface area contributed by atoms with Crippen molar-refractivity contribution >= 4 is 88.5 Å². The normalized spacial score (nSPS) is 19.5. The van der Waals surface area contributed by atoms with Gasteiger partial charge in [0.2, 0.25) is 41.4 Å². The maximum Gasteiger partial charge on any atom is 0.408 e. The fourth-order valence-corrected chi connectivity index (χ4v) is 16.2. The summed E-state index contributed by atoms with van der Waals surface area (Å²) >= 11 is 1.35. The summed E-state index contributed by atoms with van der Waals surface area (Å²) in [5, 5.41) is 34.1. The zero-order chi connectivity index (χ0) is 79.0. The number of aryl methyl sites for hydroxylation is 1. The number of urea groups is 1. The lowest BCUT2D eigenvalue weighted by atomic mass is 9.83. The second kappa shape index (κ2) is 42.3. The molecule has 14 atom stereocenters. The minimum atomic E-state index is -0.931. The third kappa shape index (κ3) is 26.4. The van der Waals surface area contributed by atoms with E-state index < -0.39 is 101 Å². The summed E-state index contributed by atoms with van der Waals surface area (Å²) in [4.78, 5) is 168. The average Bonchev–Trinajstić information content (AvgIpc) is 1.55. The maximum atomic E-state index is 14.7. The van der Waals surface area contributed by atoms with E-state index in [9.17, 15) is 67.7 Å². The second-order valence-electron chi connectivity index (χ2n) is 30.9. The number of nitrogens with zero attached hydrogens (tertiary/aromatic N) is 4. The Kier molecular flexibility index (Phi) is 35.5. The van der Waals surface area contributed by atoms with Gasteiger partial charge in [0.15, 0.2) is 11.6 Å². The Morgan fingerprint density at radius 1 is 0.774 bits per heavy atom. The van der Waals surface area contributed by atoms with E-state index in [4.69, 9.17) is 19.9 Å². The van der Waals surface area contributed by atoms with Crippen molar-refractivity contribution in [2.75, 3.05) is 66.1 Å². The molecule has 0 bridgehead atoms. The Bertz CT molecular complexity index is 3290. The number of carbonyl (C=O) groups is 12. The number of carboxylic acids is 1. The van der Waals surface area contributed by atoms with E-state index in [1.165, 1.54) is 35.8 Å². The predicted octanol–water partition coefficient (Wildman–Crippen LogP) is 7.96. The molecule has 0 spiro atoms. The Labute approximate surface area is 631 Å². The number of imide groups is 1. The van der Waals surface area contributed by atoms with Gasteiger partial charge in [0.1, 0.15) is 6.61 Å². The number of methoxy groups -OCH3 is 2. The molecule has 0 radical (unpaired) electrons. The molecule has 2 heterocycles. The first kappa shape index (κ1) is 89.1. The van der Waals surface area contributed by atoms with Crippen LogP contribution in [0.25, 0.3) is 0 Å². The molecule has 9 N–H and O–H groups in total. The maximum absolute atomic E-state index is 14.7. The van der Waals surface area contributed by atoms with E-state index >= 15 is 0 Å². The number of benzene rings is 2. The van der Waals surface area contributed by atoms with Crippen LogP contribution in [0.2, 0.25) is 0 Å². The van der Waals surface area contributed by atoms with Gasteiger partial charge in [0, 0.05) is 89.9 Å². The summed E-state index contributed by atoms with van der Waals surface area (Å²) in [6, 6.07) is 9.03. The number of Topliss-reactive ketones (excluding diaryl/α,β-unsaturated/α-hetero) is 2. The van der Waals surface area contributed by atoms with Crippen LogP contribution < -0.4 is 32.3 Å². The van der Waals surface area contributed by atoms with Crippen molar-refractivity contribution in [2.45, 2.75) is 239 Å². The summed E-state index contributed by atoms with van der Waals surface area (Å²) in [5.41, 5.74) is 7.53. The number of likely N-dealkylation sites (tertiary alicyclic amines) is 2. The van der Waals surface area contributed by atoms with Crippen molar-refractivity contribution in [3.8, 4) is 0 Å². The Hall–Kier alpha value is -7.53. The van der Waals surface area contributed by atoms with Crippen LogP contribution in [0.5, 0.6) is 0 Å². The number of ketones is 2. The number of primary amides is 1. The number of amides is 10. The van der Waals surface area contributed by atoms with Gasteiger partial charge in [-0.15, -0.1) is 11.8 Å². The molecule has 1 aliphatic carbocycles. The van der Waals surface area contributed by atoms with E-state index in [0.717, 1.165) is 18.4 Å². The first-order valence-corrected chi connectivity index (χ1v) is 38.7. The average molecular weight is 1500 g/mol. The number of unbranched alkanes of at least 4 members (excludes halogenated alkanes) is 2. The monoisotopic (exact) mass is 1500 g/mol. The summed E-state index contributed by atoms with van der Waals surface area (Å²) in [6.45, 7) is 20.9. The SMILES string of the molecule is CC[C@H](C)[C@@H]([C@@H](CC(=O)N1C[C@@H](O)C[C@H]1[C@H](OC)[C@@H](C)C(=O)N[C@H](C)C(NC(=O)OCc1ccc(NC(=O)[C@H](CCCNC(N)=O)CC(=O)[C@@H](NC(=O)CCCCCN2C(=O)CC(SCC3(CC(=O)O)CC3)C2=O)C(C)C)cc1)c1ccc(C)cc1)OC)N(C)C(=O)[C@@H](CC(=O)[C@H](C(C)C)N(C)C)C(C)C. The number of carboxylic acid groups (broad SMARTS) is 1. The Morgan fingerprint density at radius 2 is 1.43 bits per heavy atom. The first-order valence-electron chi connectivity index (χ1n) is 37.7. The number of carbonyl (C=O) groups excluding carboxylic acids is 11. The third-order valence-electron chi connectivity index (χ3n) is 21.3. The standard InChI is InChI=1S/C78H122N10O17S/c1-17-49(9)70(86(14)74(99)57(45(2)3)38-60(91)69(47(6)7)85(12)13)61(103-15)39-64(93)88-42-56(89)37-58(88)71(104-16)50(10)72(97)81-51(11)68(53-28-24-48(8)25-29-53)84-77(102)105-43-52-26-30-55(31-27-52)82-73(98)54(22-21-34-80-76(79)101)36-59(90)67(46(4)5)83-63(92)23-19-18-20-35-87-65(94)40-62(75(87)100)106-44-78(32-33-78)41-66(95)96/h24-31,45-47,49-51,54,56-58,61-62,67-71,89H,17-23,32-44H2,1-16H3,(H,81,97)(H,82,98)(H,83,92)(H,84,102)(H,95,96)(H3,79,80,101)/t49-,50+,51+,54+,56-,57-,58-,61+,62?,67-,68?,69-,70-,71+/m0/s1. The highest BCUT2D eigenvalue weighted by atomic mass is 32.2. The number of nitrogens with one attached hydrogen (secondary N) is 5. The van der Waals surface area contributed by atoms with Crippen LogP contribution >= 0.6 is 11.8 Å². The van der Waals surface area contributed by atoms with Crippen molar-refractivity contribution < 1.29 is 82.0 Å². The van der Waals surface area contributed by atoms with E-state index in [2.05, 4.69) is 26.6 Å². The molecule has 5 rings (SSSR count). The predicted molar refractivity (Wildman–Crippen MR) is 404 cm³/mol. The van der Waals surface area contributed by atoms with Gasteiger partial charge >= 0.3 is 18.1 Å². The highest BCUT2D eigenvalue weighted by molar-refractivity contribution is 8.00.